The Bertz CT molecular complexity index is 1090. The molecule has 0 bridgehead atoms. The third-order valence-corrected chi connectivity index (χ3v) is 6.44. The van der Waals surface area contributed by atoms with E-state index in [1.54, 1.807) is 19.2 Å². The van der Waals surface area contributed by atoms with Gasteiger partial charge in [0.25, 0.3) is 0 Å². The number of ether oxygens (including phenoxy) is 1. The van der Waals surface area contributed by atoms with Gasteiger partial charge in [0.2, 0.25) is 0 Å². The Morgan fingerprint density at radius 3 is 2.23 bits per heavy atom. The maximum Gasteiger partial charge on any atom is 0.411 e. The molecule has 3 aromatic rings. The van der Waals surface area contributed by atoms with Gasteiger partial charge in [-0.1, -0.05) is 54.6 Å². The quantitative estimate of drug-likeness (QED) is 0.447. The van der Waals surface area contributed by atoms with Crippen molar-refractivity contribution < 1.29 is 19.0 Å². The van der Waals surface area contributed by atoms with E-state index in [0.717, 1.165) is 48.7 Å². The number of alkyl halides is 1. The molecular formula is C28H32FN3O3. The van der Waals surface area contributed by atoms with Crippen LogP contribution in [0.5, 0.6) is 5.75 Å². The molecule has 1 fully saturated rings. The van der Waals surface area contributed by atoms with E-state index in [1.165, 1.54) is 4.90 Å². The van der Waals surface area contributed by atoms with Gasteiger partial charge >= 0.3 is 6.09 Å². The minimum atomic E-state index is -1.10. The number of halogens is 1. The van der Waals surface area contributed by atoms with Crippen molar-refractivity contribution in [2.45, 2.75) is 12.6 Å². The van der Waals surface area contributed by atoms with E-state index in [1.807, 2.05) is 66.7 Å². The lowest BCUT2D eigenvalue weighted by Gasteiger charge is -2.37. The zero-order valence-electron chi connectivity index (χ0n) is 20.0. The summed E-state index contributed by atoms with van der Waals surface area (Å²) in [6.07, 6.45) is -2.02. The van der Waals surface area contributed by atoms with Crippen LogP contribution in [0.4, 0.5) is 20.6 Å². The van der Waals surface area contributed by atoms with E-state index in [-0.39, 0.29) is 13.0 Å². The number of carbonyl (C=O) groups is 1. The van der Waals surface area contributed by atoms with E-state index < -0.39 is 12.3 Å². The van der Waals surface area contributed by atoms with Gasteiger partial charge in [-0.25, -0.2) is 9.18 Å². The maximum atomic E-state index is 14.9. The van der Waals surface area contributed by atoms with Gasteiger partial charge in [0.05, 0.1) is 12.8 Å². The number of anilines is 2. The summed E-state index contributed by atoms with van der Waals surface area (Å²) in [4.78, 5) is 17.4. The lowest BCUT2D eigenvalue weighted by atomic mass is 10.1. The van der Waals surface area contributed by atoms with Crippen molar-refractivity contribution in [3.8, 4) is 16.9 Å². The number of piperazine rings is 1. The molecule has 7 heteroatoms. The van der Waals surface area contributed by atoms with Crippen LogP contribution in [0.15, 0.2) is 78.9 Å². The van der Waals surface area contributed by atoms with E-state index in [9.17, 15) is 14.3 Å². The summed E-state index contributed by atoms with van der Waals surface area (Å²) in [5.74, 6) is 0.842. The third kappa shape index (κ3) is 6.31. The zero-order chi connectivity index (χ0) is 24.6. The molecule has 4 rings (SSSR count). The fourth-order valence-electron chi connectivity index (χ4n) is 4.50. The van der Waals surface area contributed by atoms with Crippen LogP contribution in [0.25, 0.3) is 11.1 Å². The van der Waals surface area contributed by atoms with Gasteiger partial charge < -0.3 is 14.7 Å². The van der Waals surface area contributed by atoms with E-state index in [2.05, 4.69) is 9.80 Å². The molecule has 1 saturated heterocycles. The topological polar surface area (TPSA) is 56.2 Å². The Morgan fingerprint density at radius 1 is 0.943 bits per heavy atom. The first-order valence-electron chi connectivity index (χ1n) is 12.0. The number of methoxy groups -OCH3 is 1. The molecule has 0 spiro atoms. The molecule has 35 heavy (non-hydrogen) atoms. The average molecular weight is 478 g/mol. The third-order valence-electron chi connectivity index (χ3n) is 6.44. The minimum absolute atomic E-state index is 0.113. The first-order chi connectivity index (χ1) is 17.0. The smallest absolute Gasteiger partial charge is 0.411 e. The summed E-state index contributed by atoms with van der Waals surface area (Å²) >= 11 is 0. The highest BCUT2D eigenvalue weighted by molar-refractivity contribution is 5.86. The van der Waals surface area contributed by atoms with E-state index in [4.69, 9.17) is 4.74 Å². The van der Waals surface area contributed by atoms with Crippen LogP contribution >= 0.6 is 0 Å². The van der Waals surface area contributed by atoms with Gasteiger partial charge in [-0.2, -0.15) is 0 Å². The van der Waals surface area contributed by atoms with Crippen LogP contribution in [-0.2, 0) is 0 Å². The molecule has 0 aliphatic carbocycles. The number of hydrogen-bond acceptors (Lipinski definition) is 4. The molecule has 0 radical (unpaired) electrons. The molecule has 0 saturated carbocycles. The summed E-state index contributed by atoms with van der Waals surface area (Å²) in [7, 11) is 1.67. The number of hydrogen-bond donors (Lipinski definition) is 1. The van der Waals surface area contributed by atoms with Gasteiger partial charge in [-0.15, -0.1) is 0 Å². The number of para-hydroxylation sites is 2. The number of benzene rings is 3. The second kappa shape index (κ2) is 11.7. The molecule has 1 aliphatic heterocycles. The number of carboxylic acid groups (broad SMARTS) is 1. The minimum Gasteiger partial charge on any atom is -0.495 e. The monoisotopic (exact) mass is 477 g/mol. The molecule has 1 atom stereocenters. The van der Waals surface area contributed by atoms with Gasteiger partial charge in [0.15, 0.2) is 0 Å². The van der Waals surface area contributed by atoms with Crippen LogP contribution in [-0.4, -0.2) is 68.6 Å². The summed E-state index contributed by atoms with van der Waals surface area (Å²) in [5.41, 5.74) is 3.68. The molecule has 1 aliphatic rings. The lowest BCUT2D eigenvalue weighted by molar-refractivity contribution is 0.175. The average Bonchev–Trinajstić information content (AvgIpc) is 2.90. The lowest BCUT2D eigenvalue weighted by Crippen LogP contribution is -2.48. The van der Waals surface area contributed by atoms with Crippen LogP contribution < -0.4 is 14.5 Å². The summed E-state index contributed by atoms with van der Waals surface area (Å²) in [5, 5.41) is 9.70. The Kier molecular flexibility index (Phi) is 8.21. The van der Waals surface area contributed by atoms with Crippen LogP contribution in [0.3, 0.4) is 0 Å². The van der Waals surface area contributed by atoms with Crippen molar-refractivity contribution in [2.24, 2.45) is 0 Å². The highest BCUT2D eigenvalue weighted by Crippen LogP contribution is 2.28. The molecule has 1 heterocycles. The molecule has 1 unspecified atom stereocenters. The first-order valence-corrected chi connectivity index (χ1v) is 12.0. The summed E-state index contributed by atoms with van der Waals surface area (Å²) in [6.45, 7) is 3.51. The first kappa shape index (κ1) is 24.5. The fraction of sp³-hybridized carbons (Fsp3) is 0.321. The second-order valence-electron chi connectivity index (χ2n) is 8.69. The van der Waals surface area contributed by atoms with Crippen molar-refractivity contribution in [3.63, 3.8) is 0 Å². The van der Waals surface area contributed by atoms with Crippen LogP contribution in [0, 0.1) is 0 Å². The molecule has 0 aromatic heterocycles. The van der Waals surface area contributed by atoms with Gasteiger partial charge in [-0.3, -0.25) is 9.80 Å². The Balaban J connectivity index is 1.28. The summed E-state index contributed by atoms with van der Waals surface area (Å²) < 4.78 is 20.3. The molecular weight excluding hydrogens is 445 g/mol. The van der Waals surface area contributed by atoms with Gasteiger partial charge in [-0.05, 0) is 41.8 Å². The molecule has 184 valence electrons. The Labute approximate surface area is 206 Å². The number of rotatable bonds is 9. The van der Waals surface area contributed by atoms with E-state index >= 15 is 0 Å². The predicted octanol–water partition coefficient (Wildman–Crippen LogP) is 5.40. The Hall–Kier alpha value is -3.58. The molecule has 6 nitrogen and oxygen atoms in total. The van der Waals surface area contributed by atoms with Crippen molar-refractivity contribution >= 4 is 17.5 Å². The SMILES string of the molecule is COc1ccccc1N1CCN(CC(F)CCN(C(=O)O)c2ccc(-c3ccccc3)cc2)CC1. The normalized spacial score (nSPS) is 15.0. The highest BCUT2D eigenvalue weighted by Gasteiger charge is 2.23. The second-order valence-corrected chi connectivity index (χ2v) is 8.69. The molecule has 3 aromatic carbocycles. The zero-order valence-corrected chi connectivity index (χ0v) is 20.0. The van der Waals surface area contributed by atoms with Gasteiger partial charge in [0, 0.05) is 45.0 Å². The van der Waals surface area contributed by atoms with Gasteiger partial charge in [0.1, 0.15) is 11.9 Å². The Morgan fingerprint density at radius 2 is 1.57 bits per heavy atom. The van der Waals surface area contributed by atoms with Crippen LogP contribution in [0.1, 0.15) is 6.42 Å². The highest BCUT2D eigenvalue weighted by atomic mass is 19.1. The number of nitrogens with zero attached hydrogens (tertiary/aromatic N) is 3. The van der Waals surface area contributed by atoms with Crippen molar-refractivity contribution in [1.29, 1.82) is 0 Å². The van der Waals surface area contributed by atoms with Crippen molar-refractivity contribution in [2.75, 3.05) is 56.2 Å². The van der Waals surface area contributed by atoms with Crippen molar-refractivity contribution in [3.05, 3.63) is 78.9 Å². The molecule has 1 N–H and O–H groups in total. The molecule has 1 amide bonds. The fourth-order valence-corrected chi connectivity index (χ4v) is 4.50. The standard InChI is InChI=1S/C28H32FN3O3/c1-35-27-10-6-5-9-26(27)31-19-17-30(18-20-31)21-24(29)15-16-32(28(33)34)25-13-11-23(12-14-25)22-7-3-2-4-8-22/h2-14,24H,15-21H2,1H3,(H,33,34). The van der Waals surface area contributed by atoms with E-state index in [0.29, 0.717) is 12.2 Å². The predicted molar refractivity (Wildman–Crippen MR) is 138 cm³/mol. The largest absolute Gasteiger partial charge is 0.495 e. The maximum absolute atomic E-state index is 14.9. The summed E-state index contributed by atoms with van der Waals surface area (Å²) in [6, 6.07) is 25.2. The number of amides is 1. The van der Waals surface area contributed by atoms with Crippen LogP contribution in [0.2, 0.25) is 0 Å². The van der Waals surface area contributed by atoms with Crippen molar-refractivity contribution in [1.82, 2.24) is 4.90 Å².